The highest BCUT2D eigenvalue weighted by Crippen LogP contribution is 2.18. The summed E-state index contributed by atoms with van der Waals surface area (Å²) in [4.78, 5) is 3.88. The van der Waals surface area contributed by atoms with E-state index >= 15 is 0 Å². The molecule has 0 fully saturated rings. The van der Waals surface area contributed by atoms with Gasteiger partial charge in [0.05, 0.1) is 5.75 Å². The first kappa shape index (κ1) is 20.6. The molecule has 1 unspecified atom stereocenters. The molecule has 0 amide bonds. The summed E-state index contributed by atoms with van der Waals surface area (Å²) in [5.41, 5.74) is 5.68. The molecule has 122 valence electrons. The van der Waals surface area contributed by atoms with Gasteiger partial charge in [0.15, 0.2) is 0 Å². The molecule has 3 N–H and O–H groups in total. The Morgan fingerprint density at radius 3 is 2.48 bits per heavy atom. The van der Waals surface area contributed by atoms with Gasteiger partial charge in [-0.05, 0) is 30.9 Å². The maximum absolute atomic E-state index is 12.2. The fraction of sp³-hybridized carbons (Fsp3) is 0.615. The van der Waals surface area contributed by atoms with E-state index in [0.717, 1.165) is 0 Å². The lowest BCUT2D eigenvalue weighted by atomic mass is 9.92. The maximum Gasteiger partial charge on any atom is 0.216 e. The second-order valence-electron chi connectivity index (χ2n) is 5.71. The molecule has 0 bridgehead atoms. The topological polar surface area (TPSA) is 85.1 Å². The van der Waals surface area contributed by atoms with Crippen LogP contribution in [0.25, 0.3) is 0 Å². The van der Waals surface area contributed by atoms with E-state index in [1.165, 1.54) is 6.20 Å². The zero-order valence-corrected chi connectivity index (χ0v) is 14.9. The average molecular weight is 356 g/mol. The highest BCUT2D eigenvalue weighted by Gasteiger charge is 2.29. The van der Waals surface area contributed by atoms with E-state index in [1.807, 2.05) is 20.8 Å². The van der Waals surface area contributed by atoms with Crippen molar-refractivity contribution in [1.82, 2.24) is 9.71 Å². The molecule has 1 rings (SSSR count). The van der Waals surface area contributed by atoms with E-state index in [1.54, 1.807) is 12.1 Å². The molecule has 0 aromatic carbocycles. The molecule has 8 heteroatoms. The maximum atomic E-state index is 12.2. The Balaban J connectivity index is 0.00000400. The van der Waals surface area contributed by atoms with Crippen LogP contribution in [0.1, 0.15) is 32.8 Å². The minimum absolute atomic E-state index is 0. The van der Waals surface area contributed by atoms with Crippen LogP contribution in [0.5, 0.6) is 0 Å². The molecule has 0 saturated carbocycles. The Morgan fingerprint density at radius 2 is 2.05 bits per heavy atom. The Morgan fingerprint density at radius 1 is 1.43 bits per heavy atom. The lowest BCUT2D eigenvalue weighted by Gasteiger charge is -2.30. The molecule has 1 heterocycles. The molecule has 0 aliphatic carbocycles. The van der Waals surface area contributed by atoms with E-state index in [4.69, 9.17) is 17.3 Å². The quantitative estimate of drug-likeness (QED) is 0.735. The summed E-state index contributed by atoms with van der Waals surface area (Å²) in [6.45, 7) is 6.14. The second kappa shape index (κ2) is 8.29. The van der Waals surface area contributed by atoms with E-state index in [2.05, 4.69) is 9.71 Å². The van der Waals surface area contributed by atoms with Crippen molar-refractivity contribution in [2.45, 2.75) is 38.5 Å². The van der Waals surface area contributed by atoms with Gasteiger partial charge in [0.25, 0.3) is 0 Å². The van der Waals surface area contributed by atoms with Crippen LogP contribution in [0.4, 0.5) is 0 Å². The van der Waals surface area contributed by atoms with Crippen molar-refractivity contribution in [3.8, 4) is 0 Å². The zero-order valence-electron chi connectivity index (χ0n) is 12.5. The molecule has 0 radical (unpaired) electrons. The standard InChI is InChI=1S/C13H22ClN3O2S.ClH/c1-10(2)6-13(3,9-15)17-20(18,19)8-11-4-5-12(14)16-7-11;/h4-5,7,10,17H,6,8-9,15H2,1-3H3;1H. The van der Waals surface area contributed by atoms with Crippen molar-refractivity contribution < 1.29 is 8.42 Å². The number of nitrogens with zero attached hydrogens (tertiary/aromatic N) is 1. The highest BCUT2D eigenvalue weighted by molar-refractivity contribution is 7.88. The Kier molecular flexibility index (Phi) is 8.13. The number of rotatable bonds is 7. The molecule has 5 nitrogen and oxygen atoms in total. The Hall–Kier alpha value is -0.400. The van der Waals surface area contributed by atoms with Crippen LogP contribution in [0.2, 0.25) is 5.15 Å². The summed E-state index contributed by atoms with van der Waals surface area (Å²) in [6.07, 6.45) is 2.14. The summed E-state index contributed by atoms with van der Waals surface area (Å²) < 4.78 is 27.1. The molecule has 0 aliphatic heterocycles. The lowest BCUT2D eigenvalue weighted by molar-refractivity contribution is 0.344. The number of nitrogens with two attached hydrogens (primary N) is 1. The Labute approximate surface area is 138 Å². The summed E-state index contributed by atoms with van der Waals surface area (Å²) in [6, 6.07) is 3.22. The Bertz CT molecular complexity index is 535. The van der Waals surface area contributed by atoms with Crippen LogP contribution in [0.3, 0.4) is 0 Å². The van der Waals surface area contributed by atoms with Gasteiger partial charge in [-0.25, -0.2) is 18.1 Å². The molecule has 0 spiro atoms. The molecular weight excluding hydrogens is 333 g/mol. The lowest BCUT2D eigenvalue weighted by Crippen LogP contribution is -2.52. The smallest absolute Gasteiger partial charge is 0.216 e. The van der Waals surface area contributed by atoms with Crippen LogP contribution < -0.4 is 10.5 Å². The van der Waals surface area contributed by atoms with Gasteiger partial charge in [0.1, 0.15) is 5.15 Å². The summed E-state index contributed by atoms with van der Waals surface area (Å²) in [5.74, 6) is 0.216. The van der Waals surface area contributed by atoms with Crippen LogP contribution in [-0.2, 0) is 15.8 Å². The van der Waals surface area contributed by atoms with E-state index in [0.29, 0.717) is 23.1 Å². The molecule has 21 heavy (non-hydrogen) atoms. The molecule has 0 saturated heterocycles. The number of nitrogens with one attached hydrogen (secondary N) is 1. The first-order valence-electron chi connectivity index (χ1n) is 6.48. The van der Waals surface area contributed by atoms with Crippen LogP contribution in [0, 0.1) is 5.92 Å². The van der Waals surface area contributed by atoms with Crippen molar-refractivity contribution >= 4 is 34.0 Å². The minimum Gasteiger partial charge on any atom is -0.329 e. The number of pyridine rings is 1. The van der Waals surface area contributed by atoms with Crippen molar-refractivity contribution in [2.75, 3.05) is 6.54 Å². The van der Waals surface area contributed by atoms with E-state index < -0.39 is 15.6 Å². The van der Waals surface area contributed by atoms with Gasteiger partial charge in [-0.3, -0.25) is 0 Å². The highest BCUT2D eigenvalue weighted by atomic mass is 35.5. The zero-order chi connectivity index (χ0) is 15.4. The molecule has 0 aliphatic rings. The molecule has 1 aromatic heterocycles. The number of halogens is 2. The molecule has 1 aromatic rings. The molecule has 1 atom stereocenters. The summed E-state index contributed by atoms with van der Waals surface area (Å²) in [5, 5.41) is 0.339. The van der Waals surface area contributed by atoms with Crippen LogP contribution >= 0.6 is 24.0 Å². The number of hydrogen-bond donors (Lipinski definition) is 2. The predicted octanol–water partition coefficient (Wildman–Crippen LogP) is 2.34. The van der Waals surface area contributed by atoms with Crippen LogP contribution in [-0.4, -0.2) is 25.5 Å². The van der Waals surface area contributed by atoms with Gasteiger partial charge in [-0.15, -0.1) is 12.4 Å². The van der Waals surface area contributed by atoms with Crippen molar-refractivity contribution in [2.24, 2.45) is 11.7 Å². The first-order valence-corrected chi connectivity index (χ1v) is 8.51. The average Bonchev–Trinajstić information content (AvgIpc) is 2.30. The fourth-order valence-corrected chi connectivity index (χ4v) is 3.90. The van der Waals surface area contributed by atoms with E-state index in [-0.39, 0.29) is 24.7 Å². The predicted molar refractivity (Wildman–Crippen MR) is 89.2 cm³/mol. The second-order valence-corrected chi connectivity index (χ2v) is 7.82. The largest absolute Gasteiger partial charge is 0.329 e. The van der Waals surface area contributed by atoms with Gasteiger partial charge in [-0.1, -0.05) is 31.5 Å². The SMILES string of the molecule is CC(C)CC(C)(CN)NS(=O)(=O)Cc1ccc(Cl)nc1.Cl. The fourth-order valence-electron chi connectivity index (χ4n) is 2.19. The third-order valence-corrected chi connectivity index (χ3v) is 4.60. The number of sulfonamides is 1. The number of aromatic nitrogens is 1. The third kappa shape index (κ3) is 7.42. The van der Waals surface area contributed by atoms with Gasteiger partial charge in [-0.2, -0.15) is 0 Å². The van der Waals surface area contributed by atoms with Gasteiger partial charge >= 0.3 is 0 Å². The normalized spacial score (nSPS) is 14.6. The van der Waals surface area contributed by atoms with Crippen molar-refractivity contribution in [1.29, 1.82) is 0 Å². The monoisotopic (exact) mass is 355 g/mol. The van der Waals surface area contributed by atoms with Gasteiger partial charge in [0, 0.05) is 18.3 Å². The molecular formula is C13H23Cl2N3O2S. The summed E-state index contributed by atoms with van der Waals surface area (Å²) >= 11 is 5.68. The van der Waals surface area contributed by atoms with Crippen LogP contribution in [0.15, 0.2) is 18.3 Å². The minimum atomic E-state index is -3.48. The van der Waals surface area contributed by atoms with Crippen molar-refractivity contribution in [3.63, 3.8) is 0 Å². The van der Waals surface area contributed by atoms with E-state index in [9.17, 15) is 8.42 Å². The van der Waals surface area contributed by atoms with Gasteiger partial charge < -0.3 is 5.73 Å². The van der Waals surface area contributed by atoms with Gasteiger partial charge in [0.2, 0.25) is 10.0 Å². The van der Waals surface area contributed by atoms with Crippen molar-refractivity contribution in [3.05, 3.63) is 29.0 Å². The first-order chi connectivity index (χ1) is 9.16. The number of hydrogen-bond acceptors (Lipinski definition) is 4. The summed E-state index contributed by atoms with van der Waals surface area (Å²) in [7, 11) is -3.48. The third-order valence-electron chi connectivity index (χ3n) is 2.86.